The topological polar surface area (TPSA) is 89.9 Å². The summed E-state index contributed by atoms with van der Waals surface area (Å²) in [5.74, 6) is 0.914. The van der Waals surface area contributed by atoms with Crippen LogP contribution in [0.2, 0.25) is 0 Å². The van der Waals surface area contributed by atoms with Gasteiger partial charge in [-0.05, 0) is 37.1 Å². The van der Waals surface area contributed by atoms with E-state index in [1.807, 2.05) is 0 Å². The standard InChI is InChI=1S/C18H18FN5O/c19-13-7-1-2-8-14(13)22-15-12(6-5-11-21-15)16-23-17(24-25-16)18(20)9-3-4-10-18/h1-2,5-8,11H,3-4,9-10,20H2,(H,21,22). The van der Waals surface area contributed by atoms with Crippen LogP contribution in [0, 0.1) is 5.82 Å². The van der Waals surface area contributed by atoms with Crippen LogP contribution in [0.3, 0.4) is 0 Å². The number of para-hydroxylation sites is 1. The first-order chi connectivity index (χ1) is 12.2. The highest BCUT2D eigenvalue weighted by atomic mass is 19.1. The number of hydrogen-bond donors (Lipinski definition) is 2. The van der Waals surface area contributed by atoms with Crippen molar-refractivity contribution in [2.75, 3.05) is 5.32 Å². The second kappa shape index (κ2) is 6.25. The van der Waals surface area contributed by atoms with Crippen molar-refractivity contribution in [3.8, 4) is 11.5 Å². The van der Waals surface area contributed by atoms with Crippen LogP contribution in [-0.4, -0.2) is 15.1 Å². The largest absolute Gasteiger partial charge is 0.337 e. The van der Waals surface area contributed by atoms with Crippen LogP contribution >= 0.6 is 0 Å². The predicted molar refractivity (Wildman–Crippen MR) is 91.5 cm³/mol. The smallest absolute Gasteiger partial charge is 0.261 e. The van der Waals surface area contributed by atoms with Crippen molar-refractivity contribution in [1.82, 2.24) is 15.1 Å². The minimum Gasteiger partial charge on any atom is -0.337 e. The van der Waals surface area contributed by atoms with Crippen LogP contribution in [0.5, 0.6) is 0 Å². The van der Waals surface area contributed by atoms with Crippen molar-refractivity contribution in [2.24, 2.45) is 5.73 Å². The quantitative estimate of drug-likeness (QED) is 0.752. The van der Waals surface area contributed by atoms with Crippen LogP contribution < -0.4 is 11.1 Å². The van der Waals surface area contributed by atoms with Crippen LogP contribution in [0.15, 0.2) is 47.1 Å². The number of benzene rings is 1. The van der Waals surface area contributed by atoms with E-state index < -0.39 is 5.54 Å². The molecule has 0 aliphatic heterocycles. The van der Waals surface area contributed by atoms with Crippen molar-refractivity contribution >= 4 is 11.5 Å². The summed E-state index contributed by atoms with van der Waals surface area (Å²) in [6.07, 6.45) is 5.44. The molecule has 1 fully saturated rings. The lowest BCUT2D eigenvalue weighted by Gasteiger charge is -2.17. The number of hydrogen-bond acceptors (Lipinski definition) is 6. The lowest BCUT2D eigenvalue weighted by Crippen LogP contribution is -2.34. The van der Waals surface area contributed by atoms with Gasteiger partial charge in [0, 0.05) is 6.20 Å². The van der Waals surface area contributed by atoms with Gasteiger partial charge in [-0.25, -0.2) is 9.37 Å². The number of pyridine rings is 1. The Morgan fingerprint density at radius 3 is 2.72 bits per heavy atom. The van der Waals surface area contributed by atoms with Crippen molar-refractivity contribution < 1.29 is 8.91 Å². The van der Waals surface area contributed by atoms with Crippen molar-refractivity contribution in [3.05, 3.63) is 54.2 Å². The summed E-state index contributed by atoms with van der Waals surface area (Å²) in [7, 11) is 0. The maximum atomic E-state index is 13.9. The molecule has 6 nitrogen and oxygen atoms in total. The number of nitrogens with two attached hydrogens (primary N) is 1. The van der Waals surface area contributed by atoms with E-state index in [4.69, 9.17) is 10.3 Å². The Morgan fingerprint density at radius 2 is 1.92 bits per heavy atom. The van der Waals surface area contributed by atoms with Crippen molar-refractivity contribution in [1.29, 1.82) is 0 Å². The summed E-state index contributed by atoms with van der Waals surface area (Å²) >= 11 is 0. The maximum Gasteiger partial charge on any atom is 0.261 e. The molecule has 0 spiro atoms. The first-order valence-electron chi connectivity index (χ1n) is 8.26. The molecule has 0 atom stereocenters. The molecule has 3 N–H and O–H groups in total. The van der Waals surface area contributed by atoms with Crippen LogP contribution in [0.25, 0.3) is 11.5 Å². The molecular formula is C18H18FN5O. The molecule has 0 bridgehead atoms. The van der Waals surface area contributed by atoms with Gasteiger partial charge in [0.2, 0.25) is 0 Å². The lowest BCUT2D eigenvalue weighted by molar-refractivity contribution is 0.372. The molecule has 25 heavy (non-hydrogen) atoms. The molecule has 0 unspecified atom stereocenters. The molecule has 1 saturated carbocycles. The molecule has 0 radical (unpaired) electrons. The second-order valence-electron chi connectivity index (χ2n) is 6.29. The maximum absolute atomic E-state index is 13.9. The zero-order valence-electron chi connectivity index (χ0n) is 13.6. The van der Waals surface area contributed by atoms with E-state index in [-0.39, 0.29) is 5.82 Å². The van der Waals surface area contributed by atoms with Crippen LogP contribution in [0.4, 0.5) is 15.9 Å². The van der Waals surface area contributed by atoms with Gasteiger partial charge in [0.25, 0.3) is 5.89 Å². The average Bonchev–Trinajstić information content (AvgIpc) is 3.28. The molecule has 2 aromatic heterocycles. The van der Waals surface area contributed by atoms with Gasteiger partial charge < -0.3 is 15.6 Å². The fraction of sp³-hybridized carbons (Fsp3) is 0.278. The van der Waals surface area contributed by atoms with Crippen LogP contribution in [0.1, 0.15) is 31.5 Å². The molecule has 3 aromatic rings. The highest BCUT2D eigenvalue weighted by Crippen LogP contribution is 2.36. The molecule has 1 aromatic carbocycles. The van der Waals surface area contributed by atoms with E-state index in [1.54, 1.807) is 36.5 Å². The van der Waals surface area contributed by atoms with E-state index in [9.17, 15) is 4.39 Å². The normalized spacial score (nSPS) is 16.1. The Kier molecular flexibility index (Phi) is 3.93. The summed E-state index contributed by atoms with van der Waals surface area (Å²) in [5.41, 5.74) is 6.79. The third kappa shape index (κ3) is 2.98. The number of aromatic nitrogens is 3. The summed E-state index contributed by atoms with van der Waals surface area (Å²) in [6.45, 7) is 0. The molecule has 1 aliphatic rings. The molecular weight excluding hydrogens is 321 g/mol. The fourth-order valence-corrected chi connectivity index (χ4v) is 3.13. The van der Waals surface area contributed by atoms with Gasteiger partial charge in [0.05, 0.1) is 16.8 Å². The lowest BCUT2D eigenvalue weighted by atomic mass is 9.99. The third-order valence-corrected chi connectivity index (χ3v) is 4.53. The zero-order valence-corrected chi connectivity index (χ0v) is 13.6. The molecule has 128 valence electrons. The van der Waals surface area contributed by atoms with Gasteiger partial charge in [-0.2, -0.15) is 4.98 Å². The highest BCUT2D eigenvalue weighted by molar-refractivity contribution is 5.73. The second-order valence-corrected chi connectivity index (χ2v) is 6.29. The summed E-state index contributed by atoms with van der Waals surface area (Å²) in [5, 5.41) is 7.05. The SMILES string of the molecule is NC1(c2noc(-c3cccnc3Nc3ccccc3F)n2)CCCC1. The van der Waals surface area contributed by atoms with Crippen molar-refractivity contribution in [2.45, 2.75) is 31.2 Å². The van der Waals surface area contributed by atoms with Gasteiger partial charge in [-0.1, -0.05) is 30.1 Å². The van der Waals surface area contributed by atoms with Gasteiger partial charge >= 0.3 is 0 Å². The number of halogens is 1. The highest BCUT2D eigenvalue weighted by Gasteiger charge is 2.36. The van der Waals surface area contributed by atoms with Gasteiger partial charge in [0.15, 0.2) is 5.82 Å². The Morgan fingerprint density at radius 1 is 1.12 bits per heavy atom. The van der Waals surface area contributed by atoms with E-state index in [1.165, 1.54) is 6.07 Å². The number of nitrogens with zero attached hydrogens (tertiary/aromatic N) is 3. The van der Waals surface area contributed by atoms with Gasteiger partial charge in [-0.15, -0.1) is 0 Å². The van der Waals surface area contributed by atoms with E-state index in [2.05, 4.69) is 20.4 Å². The third-order valence-electron chi connectivity index (χ3n) is 4.53. The zero-order chi connectivity index (χ0) is 17.3. The molecule has 0 amide bonds. The molecule has 7 heteroatoms. The Labute approximate surface area is 144 Å². The molecule has 2 heterocycles. The minimum absolute atomic E-state index is 0.318. The van der Waals surface area contributed by atoms with Gasteiger partial charge in [-0.3, -0.25) is 0 Å². The van der Waals surface area contributed by atoms with E-state index in [0.29, 0.717) is 28.8 Å². The first kappa shape index (κ1) is 15.7. The summed E-state index contributed by atoms with van der Waals surface area (Å²) in [6, 6.07) is 9.96. The predicted octanol–water partition coefficient (Wildman–Crippen LogP) is 3.74. The van der Waals surface area contributed by atoms with Crippen LogP contribution in [-0.2, 0) is 5.54 Å². The molecule has 4 rings (SSSR count). The monoisotopic (exact) mass is 339 g/mol. The molecule has 1 aliphatic carbocycles. The Balaban J connectivity index is 1.68. The van der Waals surface area contributed by atoms with Crippen molar-refractivity contribution in [3.63, 3.8) is 0 Å². The van der Waals surface area contributed by atoms with E-state index in [0.717, 1.165) is 25.7 Å². The minimum atomic E-state index is -0.525. The Bertz CT molecular complexity index is 888. The summed E-state index contributed by atoms with van der Waals surface area (Å²) < 4.78 is 19.3. The summed E-state index contributed by atoms with van der Waals surface area (Å²) in [4.78, 5) is 8.76. The number of rotatable bonds is 4. The average molecular weight is 339 g/mol. The number of nitrogens with one attached hydrogen (secondary N) is 1. The van der Waals surface area contributed by atoms with Gasteiger partial charge in [0.1, 0.15) is 11.6 Å². The number of anilines is 2. The first-order valence-corrected chi connectivity index (χ1v) is 8.26. The Hall–Kier alpha value is -2.80. The van der Waals surface area contributed by atoms with E-state index >= 15 is 0 Å². The fourth-order valence-electron chi connectivity index (χ4n) is 3.13. The molecule has 0 saturated heterocycles.